The third kappa shape index (κ3) is 4.40. The molecule has 0 bridgehead atoms. The summed E-state index contributed by atoms with van der Waals surface area (Å²) in [7, 11) is 0. The zero-order valence-electron chi connectivity index (χ0n) is 15.3. The number of thioether (sulfide) groups is 1. The van der Waals surface area contributed by atoms with Crippen molar-refractivity contribution in [1.29, 1.82) is 0 Å². The summed E-state index contributed by atoms with van der Waals surface area (Å²) in [5, 5.41) is 1.76. The van der Waals surface area contributed by atoms with Crippen LogP contribution in [0.4, 0.5) is 13.2 Å². The van der Waals surface area contributed by atoms with E-state index < -0.39 is 22.9 Å². The Bertz CT molecular complexity index is 1060. The number of fused-ring (bicyclic) bond motifs is 1. The highest BCUT2D eigenvalue weighted by Gasteiger charge is 2.64. The summed E-state index contributed by atoms with van der Waals surface area (Å²) in [5.41, 5.74) is 0.268. The van der Waals surface area contributed by atoms with Crippen LogP contribution in [0.15, 0.2) is 52.9 Å². The number of benzene rings is 2. The lowest BCUT2D eigenvalue weighted by Crippen LogP contribution is -2.62. The van der Waals surface area contributed by atoms with Crippen molar-refractivity contribution in [1.82, 2.24) is 10.3 Å². The first-order chi connectivity index (χ1) is 14.2. The van der Waals surface area contributed by atoms with E-state index >= 15 is 0 Å². The zero-order valence-corrected chi connectivity index (χ0v) is 17.7. The van der Waals surface area contributed by atoms with Crippen molar-refractivity contribution < 1.29 is 27.5 Å². The molecule has 0 radical (unpaired) electrons. The van der Waals surface area contributed by atoms with Crippen LogP contribution in [0.5, 0.6) is 0 Å². The minimum atomic E-state index is -5.20. The van der Waals surface area contributed by atoms with Gasteiger partial charge in [-0.3, -0.25) is 4.79 Å². The molecule has 5 nitrogen and oxygen atoms in total. The lowest BCUT2D eigenvalue weighted by molar-refractivity contribution is -0.190. The van der Waals surface area contributed by atoms with Gasteiger partial charge in [-0.15, -0.1) is 11.3 Å². The average molecular weight is 475 g/mol. The number of carbonyl (C=O) groups excluding carboxylic acids is 2. The maximum Gasteiger partial charge on any atom is 0.432 e. The molecule has 0 aliphatic rings. The number of alkyl halides is 3. The summed E-state index contributed by atoms with van der Waals surface area (Å²) >= 11 is 6.99. The third-order valence-corrected chi connectivity index (χ3v) is 6.62. The van der Waals surface area contributed by atoms with Gasteiger partial charge in [0.15, 0.2) is 4.34 Å². The highest BCUT2D eigenvalue weighted by Crippen LogP contribution is 2.46. The van der Waals surface area contributed by atoms with Gasteiger partial charge in [-0.2, -0.15) is 13.2 Å². The van der Waals surface area contributed by atoms with Crippen LogP contribution in [0, 0.1) is 0 Å². The van der Waals surface area contributed by atoms with Gasteiger partial charge in [-0.1, -0.05) is 35.9 Å². The zero-order chi connectivity index (χ0) is 21.9. The van der Waals surface area contributed by atoms with Crippen LogP contribution in [-0.2, 0) is 9.53 Å². The first-order valence-corrected chi connectivity index (χ1v) is 10.5. The number of nitrogens with one attached hydrogen (secondary N) is 1. The fourth-order valence-electron chi connectivity index (χ4n) is 2.49. The van der Waals surface area contributed by atoms with E-state index in [1.54, 1.807) is 24.3 Å². The summed E-state index contributed by atoms with van der Waals surface area (Å²) in [5.74, 6) is -2.82. The monoisotopic (exact) mass is 474 g/mol. The topological polar surface area (TPSA) is 68.3 Å². The highest BCUT2D eigenvalue weighted by molar-refractivity contribution is 8.03. The summed E-state index contributed by atoms with van der Waals surface area (Å²) in [6.07, 6.45) is -5.20. The Morgan fingerprint density at radius 3 is 2.47 bits per heavy atom. The molecular formula is C19H14ClF3N2O3S2. The van der Waals surface area contributed by atoms with Gasteiger partial charge in [0.1, 0.15) is 0 Å². The standard InChI is InChI=1S/C19H14ClF3N2O3S2/c1-2-28-16(27)18(19(21,22)23,25-15(26)11-7-3-4-8-12(11)20)30-17-24-13-9-5-6-10-14(13)29-17/h3-10H,2H2,1H3,(H,25,26)/t18-/m1/s1. The molecule has 0 aliphatic carbocycles. The molecule has 1 N–H and O–H groups in total. The quantitative estimate of drug-likeness (QED) is 0.298. The molecule has 0 fully saturated rings. The van der Waals surface area contributed by atoms with Crippen molar-refractivity contribution in [3.8, 4) is 0 Å². The van der Waals surface area contributed by atoms with Crippen molar-refractivity contribution in [2.24, 2.45) is 0 Å². The molecule has 0 aliphatic heterocycles. The first kappa shape index (κ1) is 22.4. The maximum atomic E-state index is 14.3. The molecule has 1 heterocycles. The van der Waals surface area contributed by atoms with Gasteiger partial charge in [0.25, 0.3) is 10.8 Å². The van der Waals surface area contributed by atoms with Crippen LogP contribution >= 0.6 is 34.7 Å². The number of aromatic nitrogens is 1. The van der Waals surface area contributed by atoms with Crippen molar-refractivity contribution in [3.63, 3.8) is 0 Å². The number of thiazole rings is 1. The van der Waals surface area contributed by atoms with Crippen LogP contribution in [0.25, 0.3) is 10.2 Å². The number of ether oxygens (including phenoxy) is 1. The highest BCUT2D eigenvalue weighted by atomic mass is 35.5. The second kappa shape index (κ2) is 8.83. The van der Waals surface area contributed by atoms with E-state index in [0.29, 0.717) is 10.2 Å². The van der Waals surface area contributed by atoms with Crippen LogP contribution in [-0.4, -0.2) is 34.5 Å². The number of rotatable bonds is 6. The SMILES string of the molecule is CCOC(=O)[C@@](NC(=O)c1ccccc1Cl)(Sc1nc2ccccc2s1)C(F)(F)F. The fourth-order valence-corrected chi connectivity index (χ4v) is 5.03. The summed E-state index contributed by atoms with van der Waals surface area (Å²) in [6, 6.07) is 12.3. The maximum absolute atomic E-state index is 14.3. The van der Waals surface area contributed by atoms with Crippen molar-refractivity contribution >= 4 is 56.8 Å². The molecule has 0 spiro atoms. The Labute approximate surface area is 182 Å². The van der Waals surface area contributed by atoms with Gasteiger partial charge in [0, 0.05) is 0 Å². The Morgan fingerprint density at radius 2 is 1.83 bits per heavy atom. The summed E-state index contributed by atoms with van der Waals surface area (Å²) in [6.45, 7) is 1.07. The van der Waals surface area contributed by atoms with E-state index in [1.807, 2.05) is 5.32 Å². The smallest absolute Gasteiger partial charge is 0.432 e. The van der Waals surface area contributed by atoms with E-state index in [4.69, 9.17) is 16.3 Å². The molecule has 30 heavy (non-hydrogen) atoms. The van der Waals surface area contributed by atoms with E-state index in [9.17, 15) is 22.8 Å². The molecule has 158 valence electrons. The molecule has 0 saturated carbocycles. The van der Waals surface area contributed by atoms with E-state index in [0.717, 1.165) is 11.3 Å². The van der Waals surface area contributed by atoms with E-state index in [1.165, 1.54) is 31.2 Å². The number of halogens is 4. The van der Waals surface area contributed by atoms with Gasteiger partial charge in [0.2, 0.25) is 0 Å². The van der Waals surface area contributed by atoms with Crippen LogP contribution < -0.4 is 5.32 Å². The van der Waals surface area contributed by atoms with E-state index in [2.05, 4.69) is 4.98 Å². The number of para-hydroxylation sites is 1. The van der Waals surface area contributed by atoms with Crippen LogP contribution in [0.2, 0.25) is 5.02 Å². The van der Waals surface area contributed by atoms with Gasteiger partial charge in [0.05, 0.1) is 27.4 Å². The first-order valence-electron chi connectivity index (χ1n) is 8.53. The van der Waals surface area contributed by atoms with Crippen molar-refractivity contribution in [2.45, 2.75) is 22.3 Å². The number of carbonyl (C=O) groups is 2. The lowest BCUT2D eigenvalue weighted by Gasteiger charge is -2.32. The number of esters is 1. The van der Waals surface area contributed by atoms with Gasteiger partial charge in [-0.05, 0) is 43.0 Å². The minimum absolute atomic E-state index is 0.0546. The predicted molar refractivity (Wildman–Crippen MR) is 110 cm³/mol. The Kier molecular flexibility index (Phi) is 6.59. The summed E-state index contributed by atoms with van der Waals surface area (Å²) in [4.78, 5) is 26.0. The van der Waals surface area contributed by atoms with Crippen molar-refractivity contribution in [2.75, 3.05) is 6.61 Å². The lowest BCUT2D eigenvalue weighted by atomic mass is 10.2. The molecular weight excluding hydrogens is 461 g/mol. The molecule has 1 aromatic heterocycles. The normalized spacial score (nSPS) is 13.6. The molecule has 1 amide bonds. The summed E-state index contributed by atoms with van der Waals surface area (Å²) < 4.78 is 48.1. The fraction of sp³-hybridized carbons (Fsp3) is 0.211. The van der Waals surface area contributed by atoms with E-state index in [-0.39, 0.29) is 33.3 Å². The number of hydrogen-bond donors (Lipinski definition) is 1. The number of nitrogens with zero attached hydrogens (tertiary/aromatic N) is 1. The molecule has 2 aromatic carbocycles. The molecule has 1 atom stereocenters. The average Bonchev–Trinajstić information content (AvgIpc) is 3.09. The van der Waals surface area contributed by atoms with Gasteiger partial charge >= 0.3 is 12.1 Å². The molecule has 0 saturated heterocycles. The Hall–Kier alpha value is -2.30. The Morgan fingerprint density at radius 1 is 1.17 bits per heavy atom. The second-order valence-corrected chi connectivity index (χ2v) is 8.78. The van der Waals surface area contributed by atoms with Gasteiger partial charge in [-0.25, -0.2) is 9.78 Å². The van der Waals surface area contributed by atoms with Gasteiger partial charge < -0.3 is 10.1 Å². The number of amides is 1. The molecule has 3 aromatic rings. The predicted octanol–water partition coefficient (Wildman–Crippen LogP) is 5.29. The molecule has 11 heteroatoms. The van der Waals surface area contributed by atoms with Crippen LogP contribution in [0.3, 0.4) is 0 Å². The van der Waals surface area contributed by atoms with Crippen LogP contribution in [0.1, 0.15) is 17.3 Å². The second-order valence-electron chi connectivity index (χ2n) is 5.88. The van der Waals surface area contributed by atoms with Crippen molar-refractivity contribution in [3.05, 3.63) is 59.1 Å². The Balaban J connectivity index is 2.07. The molecule has 3 rings (SSSR count). The third-order valence-electron chi connectivity index (χ3n) is 3.88. The number of hydrogen-bond acceptors (Lipinski definition) is 6. The molecule has 0 unspecified atom stereocenters. The minimum Gasteiger partial charge on any atom is -0.463 e. The largest absolute Gasteiger partial charge is 0.463 e.